The third-order valence-electron chi connectivity index (χ3n) is 5.02. The third-order valence-corrected chi connectivity index (χ3v) is 6.39. The lowest BCUT2D eigenvalue weighted by Gasteiger charge is -2.12. The molecule has 28 heavy (non-hydrogen) atoms. The Hall–Kier alpha value is -2.96. The van der Waals surface area contributed by atoms with Crippen LogP contribution in [0.1, 0.15) is 5.56 Å². The van der Waals surface area contributed by atoms with Crippen molar-refractivity contribution >= 4 is 78.6 Å². The number of thiocarbonyl (C=S) groups is 1. The number of nitrogens with zero attached hydrogens (tertiary/aromatic N) is 1. The Morgan fingerprint density at radius 2 is 1.64 bits per heavy atom. The van der Waals surface area contributed by atoms with Gasteiger partial charge in [0.05, 0.1) is 4.91 Å². The van der Waals surface area contributed by atoms with Crippen LogP contribution < -0.4 is 0 Å². The minimum atomic E-state index is -1.08. The smallest absolute Gasteiger partial charge is 0.323 e. The van der Waals surface area contributed by atoms with Crippen LogP contribution in [0.3, 0.4) is 0 Å². The van der Waals surface area contributed by atoms with Gasteiger partial charge >= 0.3 is 5.97 Å². The van der Waals surface area contributed by atoms with Gasteiger partial charge in [0.15, 0.2) is 0 Å². The first-order valence-electron chi connectivity index (χ1n) is 8.66. The molecule has 1 N–H and O–H groups in total. The molecule has 5 rings (SSSR count). The summed E-state index contributed by atoms with van der Waals surface area (Å²) in [7, 11) is 0. The van der Waals surface area contributed by atoms with Gasteiger partial charge in [-0.1, -0.05) is 78.6 Å². The SMILES string of the molecule is O=C(O)CN1C(=O)/C(=C/c2ccc3ccc4cccc5ccc2c3c45)SC1=S. The number of carbonyl (C=O) groups is 2. The van der Waals surface area contributed by atoms with E-state index in [0.717, 1.165) is 33.0 Å². The highest BCUT2D eigenvalue weighted by molar-refractivity contribution is 8.26. The molecule has 6 heteroatoms. The molecule has 0 radical (unpaired) electrons. The summed E-state index contributed by atoms with van der Waals surface area (Å²) in [6, 6.07) is 18.7. The average Bonchev–Trinajstić information content (AvgIpc) is 2.94. The molecule has 0 atom stereocenters. The van der Waals surface area contributed by atoms with Crippen LogP contribution in [0.25, 0.3) is 38.4 Å². The molecule has 0 spiro atoms. The molecule has 1 saturated heterocycles. The van der Waals surface area contributed by atoms with Crippen molar-refractivity contribution in [1.29, 1.82) is 0 Å². The zero-order chi connectivity index (χ0) is 19.4. The second-order valence-corrected chi connectivity index (χ2v) is 8.35. The van der Waals surface area contributed by atoms with E-state index in [-0.39, 0.29) is 10.2 Å². The predicted molar refractivity (Wildman–Crippen MR) is 118 cm³/mol. The van der Waals surface area contributed by atoms with E-state index in [4.69, 9.17) is 17.3 Å². The first kappa shape index (κ1) is 17.2. The molecule has 1 amide bonds. The van der Waals surface area contributed by atoms with Crippen molar-refractivity contribution in [2.24, 2.45) is 0 Å². The molecule has 0 unspecified atom stereocenters. The first-order chi connectivity index (χ1) is 13.5. The van der Waals surface area contributed by atoms with Crippen molar-refractivity contribution in [2.75, 3.05) is 6.54 Å². The number of benzene rings is 4. The Balaban J connectivity index is 1.70. The lowest BCUT2D eigenvalue weighted by Crippen LogP contribution is -2.33. The number of hydrogen-bond donors (Lipinski definition) is 1. The molecule has 1 aliphatic rings. The van der Waals surface area contributed by atoms with Gasteiger partial charge in [-0.3, -0.25) is 14.5 Å². The van der Waals surface area contributed by atoms with Crippen LogP contribution in [-0.2, 0) is 9.59 Å². The summed E-state index contributed by atoms with van der Waals surface area (Å²) in [4.78, 5) is 25.2. The summed E-state index contributed by atoms with van der Waals surface area (Å²) in [6.07, 6.45) is 1.81. The van der Waals surface area contributed by atoms with E-state index in [9.17, 15) is 9.59 Å². The lowest BCUT2D eigenvalue weighted by molar-refractivity contribution is -0.140. The van der Waals surface area contributed by atoms with E-state index in [1.807, 2.05) is 12.1 Å². The van der Waals surface area contributed by atoms with Gasteiger partial charge in [-0.05, 0) is 44.0 Å². The minimum Gasteiger partial charge on any atom is -0.480 e. The summed E-state index contributed by atoms with van der Waals surface area (Å²) in [5, 5.41) is 16.0. The highest BCUT2D eigenvalue weighted by atomic mass is 32.2. The van der Waals surface area contributed by atoms with Crippen molar-refractivity contribution in [2.45, 2.75) is 0 Å². The fourth-order valence-corrected chi connectivity index (χ4v) is 5.04. The second-order valence-electron chi connectivity index (χ2n) is 6.67. The quantitative estimate of drug-likeness (QED) is 0.300. The number of rotatable bonds is 3. The molecular formula is C22H13NO3S2. The van der Waals surface area contributed by atoms with Crippen LogP contribution in [0.2, 0.25) is 0 Å². The van der Waals surface area contributed by atoms with Crippen molar-refractivity contribution in [3.63, 3.8) is 0 Å². The van der Waals surface area contributed by atoms with Crippen molar-refractivity contribution in [3.05, 3.63) is 65.1 Å². The predicted octanol–water partition coefficient (Wildman–Crippen LogP) is 4.87. The molecular weight excluding hydrogens is 390 g/mol. The van der Waals surface area contributed by atoms with Gasteiger partial charge in [-0.15, -0.1) is 0 Å². The standard InChI is InChI=1S/C22H13NO3S2/c24-18(25)11-23-21(26)17(28-22(23)27)10-15-7-6-14-5-4-12-2-1-3-13-8-9-16(15)20(14)19(12)13/h1-10H,11H2,(H,24,25)/b17-10-. The summed E-state index contributed by atoms with van der Waals surface area (Å²) >= 11 is 6.33. The molecule has 0 saturated carbocycles. The molecule has 1 fully saturated rings. The summed E-state index contributed by atoms with van der Waals surface area (Å²) < 4.78 is 0.274. The Morgan fingerprint density at radius 3 is 2.36 bits per heavy atom. The molecule has 1 aliphatic heterocycles. The highest BCUT2D eigenvalue weighted by Crippen LogP contribution is 2.38. The Labute approximate surface area is 169 Å². The van der Waals surface area contributed by atoms with E-state index >= 15 is 0 Å². The Morgan fingerprint density at radius 1 is 1.00 bits per heavy atom. The number of aliphatic carboxylic acids is 1. The fourth-order valence-electron chi connectivity index (χ4n) is 3.80. The number of carbonyl (C=O) groups excluding carboxylic acids is 1. The summed E-state index contributed by atoms with van der Waals surface area (Å²) in [5.41, 5.74) is 0.918. The first-order valence-corrected chi connectivity index (χ1v) is 9.89. The van der Waals surface area contributed by atoms with E-state index < -0.39 is 12.5 Å². The molecule has 4 aromatic carbocycles. The van der Waals surface area contributed by atoms with Crippen molar-refractivity contribution < 1.29 is 14.7 Å². The number of carboxylic acids is 1. The lowest BCUT2D eigenvalue weighted by atomic mass is 9.92. The topological polar surface area (TPSA) is 57.6 Å². The van der Waals surface area contributed by atoms with Crippen LogP contribution in [-0.4, -0.2) is 32.7 Å². The van der Waals surface area contributed by atoms with Gasteiger partial charge in [0.25, 0.3) is 5.91 Å². The maximum absolute atomic E-state index is 12.6. The van der Waals surface area contributed by atoms with E-state index in [2.05, 4.69) is 48.5 Å². The minimum absolute atomic E-state index is 0.274. The van der Waals surface area contributed by atoms with Gasteiger partial charge < -0.3 is 5.11 Å². The Kier molecular flexibility index (Phi) is 3.86. The zero-order valence-corrected chi connectivity index (χ0v) is 16.1. The maximum Gasteiger partial charge on any atom is 0.323 e. The largest absolute Gasteiger partial charge is 0.480 e. The number of hydrogen-bond acceptors (Lipinski definition) is 4. The molecule has 1 heterocycles. The Bertz CT molecular complexity index is 1330. The van der Waals surface area contributed by atoms with Crippen molar-refractivity contribution in [3.8, 4) is 0 Å². The van der Waals surface area contributed by atoms with Gasteiger partial charge in [-0.25, -0.2) is 0 Å². The van der Waals surface area contributed by atoms with Crippen LogP contribution in [0.15, 0.2) is 59.5 Å². The van der Waals surface area contributed by atoms with E-state index in [0.29, 0.717) is 4.91 Å². The van der Waals surface area contributed by atoms with E-state index in [1.54, 1.807) is 0 Å². The molecule has 4 nitrogen and oxygen atoms in total. The fraction of sp³-hybridized carbons (Fsp3) is 0.0455. The molecule has 136 valence electrons. The molecule has 0 aliphatic carbocycles. The molecule has 0 aromatic heterocycles. The average molecular weight is 403 g/mol. The van der Waals surface area contributed by atoms with Crippen molar-refractivity contribution in [1.82, 2.24) is 4.90 Å². The van der Waals surface area contributed by atoms with E-state index in [1.165, 1.54) is 21.5 Å². The van der Waals surface area contributed by atoms with Crippen LogP contribution in [0, 0.1) is 0 Å². The number of thioether (sulfide) groups is 1. The molecule has 0 bridgehead atoms. The molecule has 4 aromatic rings. The van der Waals surface area contributed by atoms with Gasteiger partial charge in [0.1, 0.15) is 10.9 Å². The third kappa shape index (κ3) is 2.57. The number of carboxylic acid groups (broad SMARTS) is 1. The normalized spacial score (nSPS) is 16.3. The zero-order valence-electron chi connectivity index (χ0n) is 14.5. The monoisotopic (exact) mass is 403 g/mol. The van der Waals surface area contributed by atoms with Gasteiger partial charge in [0, 0.05) is 0 Å². The van der Waals surface area contributed by atoms with Crippen LogP contribution in [0.5, 0.6) is 0 Å². The van der Waals surface area contributed by atoms with Crippen LogP contribution >= 0.6 is 24.0 Å². The number of amides is 1. The maximum atomic E-state index is 12.6. The van der Waals surface area contributed by atoms with Gasteiger partial charge in [0.2, 0.25) is 0 Å². The highest BCUT2D eigenvalue weighted by Gasteiger charge is 2.33. The second kappa shape index (κ2) is 6.29. The summed E-state index contributed by atoms with van der Waals surface area (Å²) in [6.45, 7) is -0.416. The summed E-state index contributed by atoms with van der Waals surface area (Å²) in [5.74, 6) is -1.44. The van der Waals surface area contributed by atoms with Crippen LogP contribution in [0.4, 0.5) is 0 Å². The van der Waals surface area contributed by atoms with Gasteiger partial charge in [-0.2, -0.15) is 0 Å².